The van der Waals surface area contributed by atoms with E-state index in [4.69, 9.17) is 4.42 Å². The predicted octanol–water partition coefficient (Wildman–Crippen LogP) is 1.99. The quantitative estimate of drug-likeness (QED) is 0.333. The second-order valence-corrected chi connectivity index (χ2v) is 4.65. The number of fused-ring (bicyclic) bond motifs is 1. The van der Waals surface area contributed by atoms with E-state index in [1.807, 2.05) is 0 Å². The van der Waals surface area contributed by atoms with Crippen LogP contribution >= 0.6 is 0 Å². The Bertz CT molecular complexity index is 962. The van der Waals surface area contributed by atoms with E-state index in [0.29, 0.717) is 0 Å². The Morgan fingerprint density at radius 3 is 2.17 bits per heavy atom. The molecule has 118 valence electrons. The van der Waals surface area contributed by atoms with Crippen LogP contribution in [0.25, 0.3) is 22.3 Å². The van der Waals surface area contributed by atoms with Gasteiger partial charge in [-0.3, -0.25) is 4.79 Å². The van der Waals surface area contributed by atoms with E-state index in [9.17, 15) is 30.3 Å². The Balaban J connectivity index is 0.00000192. The molecule has 2 aromatic carbocycles. The summed E-state index contributed by atoms with van der Waals surface area (Å²) in [5.41, 5.74) is -0.890. The molecule has 0 unspecified atom stereocenters. The zero-order valence-electron chi connectivity index (χ0n) is 11.3. The van der Waals surface area contributed by atoms with Crippen molar-refractivity contribution in [1.29, 1.82) is 0 Å². The van der Waals surface area contributed by atoms with Crippen LogP contribution in [-0.2, 0) is 21.1 Å². The van der Waals surface area contributed by atoms with Crippen molar-refractivity contribution in [2.75, 3.05) is 0 Å². The number of phenols is 4. The average molecular weight is 486 g/mol. The fourth-order valence-corrected chi connectivity index (χ4v) is 2.14. The SMILES string of the molecule is O=c1c(O)c(-c2ccc(O)c(O)c2)oc2cc(O)cc(O)c12.[W]. The fraction of sp³-hybridized carbons (Fsp3) is 0. The maximum atomic E-state index is 12.1. The second-order valence-electron chi connectivity index (χ2n) is 4.65. The first-order chi connectivity index (χ1) is 10.4. The fourth-order valence-electron chi connectivity index (χ4n) is 2.14. The molecule has 3 aromatic rings. The molecule has 0 atom stereocenters. The molecule has 0 amide bonds. The molecular weight excluding hydrogens is 476 g/mol. The molecule has 23 heavy (non-hydrogen) atoms. The van der Waals surface area contributed by atoms with Gasteiger partial charge in [-0.2, -0.15) is 0 Å². The Morgan fingerprint density at radius 2 is 1.52 bits per heavy atom. The minimum atomic E-state index is -0.888. The summed E-state index contributed by atoms with van der Waals surface area (Å²) in [6, 6.07) is 5.64. The van der Waals surface area contributed by atoms with E-state index < -0.39 is 22.7 Å². The predicted molar refractivity (Wildman–Crippen MR) is 76.2 cm³/mol. The van der Waals surface area contributed by atoms with Crippen molar-refractivity contribution in [2.45, 2.75) is 0 Å². The summed E-state index contributed by atoms with van der Waals surface area (Å²) in [5.74, 6) is -2.71. The van der Waals surface area contributed by atoms with Crippen LogP contribution in [0.5, 0.6) is 28.7 Å². The Kier molecular flexibility index (Phi) is 4.25. The van der Waals surface area contributed by atoms with Crippen molar-refractivity contribution in [3.63, 3.8) is 0 Å². The molecule has 0 fully saturated rings. The second kappa shape index (κ2) is 5.85. The molecule has 0 bridgehead atoms. The minimum absolute atomic E-state index is 0. The first-order valence-electron chi connectivity index (χ1n) is 6.12. The molecule has 0 aliphatic rings. The van der Waals surface area contributed by atoms with E-state index in [1.54, 1.807) is 0 Å². The van der Waals surface area contributed by atoms with Crippen molar-refractivity contribution in [1.82, 2.24) is 0 Å². The van der Waals surface area contributed by atoms with Gasteiger partial charge in [-0.1, -0.05) is 0 Å². The van der Waals surface area contributed by atoms with E-state index in [-0.39, 0.29) is 54.9 Å². The van der Waals surface area contributed by atoms with Crippen molar-refractivity contribution in [2.24, 2.45) is 0 Å². The summed E-state index contributed by atoms with van der Waals surface area (Å²) < 4.78 is 5.35. The Labute approximate surface area is 142 Å². The van der Waals surface area contributed by atoms with Gasteiger partial charge in [0.1, 0.15) is 22.5 Å². The number of rotatable bonds is 1. The largest absolute Gasteiger partial charge is 0.508 e. The topological polar surface area (TPSA) is 131 Å². The number of hydrogen-bond donors (Lipinski definition) is 5. The average Bonchev–Trinajstić information content (AvgIpc) is 2.45. The molecule has 7 nitrogen and oxygen atoms in total. The summed E-state index contributed by atoms with van der Waals surface area (Å²) in [6.45, 7) is 0. The zero-order chi connectivity index (χ0) is 16.0. The molecular formula is C15H10O7W. The van der Waals surface area contributed by atoms with Crippen LogP contribution in [0.2, 0.25) is 0 Å². The van der Waals surface area contributed by atoms with Gasteiger partial charge in [-0.25, -0.2) is 0 Å². The van der Waals surface area contributed by atoms with Gasteiger partial charge in [-0.15, -0.1) is 0 Å². The van der Waals surface area contributed by atoms with E-state index in [1.165, 1.54) is 6.07 Å². The molecule has 0 radical (unpaired) electrons. The summed E-state index contributed by atoms with van der Waals surface area (Å²) >= 11 is 0. The van der Waals surface area contributed by atoms with Crippen LogP contribution in [0.1, 0.15) is 0 Å². The molecule has 3 rings (SSSR count). The van der Waals surface area contributed by atoms with Gasteiger partial charge in [0.25, 0.3) is 0 Å². The van der Waals surface area contributed by atoms with Crippen LogP contribution in [0.3, 0.4) is 0 Å². The van der Waals surface area contributed by atoms with Gasteiger partial charge in [-0.05, 0) is 18.2 Å². The third-order valence-corrected chi connectivity index (χ3v) is 3.17. The third kappa shape index (κ3) is 2.71. The van der Waals surface area contributed by atoms with Gasteiger partial charge in [0.15, 0.2) is 17.3 Å². The minimum Gasteiger partial charge on any atom is -0.508 e. The van der Waals surface area contributed by atoms with Gasteiger partial charge in [0.2, 0.25) is 11.2 Å². The first-order valence-corrected chi connectivity index (χ1v) is 6.12. The van der Waals surface area contributed by atoms with Crippen molar-refractivity contribution >= 4 is 11.0 Å². The molecule has 0 aliphatic carbocycles. The van der Waals surface area contributed by atoms with Gasteiger partial charge in [0, 0.05) is 38.8 Å². The van der Waals surface area contributed by atoms with E-state index in [2.05, 4.69) is 0 Å². The molecule has 1 aromatic heterocycles. The molecule has 8 heteroatoms. The van der Waals surface area contributed by atoms with Gasteiger partial charge >= 0.3 is 0 Å². The monoisotopic (exact) mass is 486 g/mol. The van der Waals surface area contributed by atoms with Crippen molar-refractivity contribution < 1.29 is 51.0 Å². The summed E-state index contributed by atoms with van der Waals surface area (Å²) in [7, 11) is 0. The van der Waals surface area contributed by atoms with Gasteiger partial charge in [0.05, 0.1) is 0 Å². The molecule has 0 saturated carbocycles. The smallest absolute Gasteiger partial charge is 0.238 e. The van der Waals surface area contributed by atoms with Crippen molar-refractivity contribution in [3.05, 3.63) is 40.6 Å². The Morgan fingerprint density at radius 1 is 0.826 bits per heavy atom. The van der Waals surface area contributed by atoms with Crippen LogP contribution < -0.4 is 5.43 Å². The van der Waals surface area contributed by atoms with Crippen LogP contribution in [-0.4, -0.2) is 25.5 Å². The van der Waals surface area contributed by atoms with E-state index in [0.717, 1.165) is 24.3 Å². The molecule has 0 spiro atoms. The summed E-state index contributed by atoms with van der Waals surface area (Å²) in [4.78, 5) is 12.1. The summed E-state index contributed by atoms with van der Waals surface area (Å²) in [5, 5.41) is 47.6. The molecule has 0 saturated heterocycles. The molecule has 5 N–H and O–H groups in total. The number of phenolic OH excluding ortho intramolecular Hbond substituents is 4. The Hall–Kier alpha value is -2.66. The van der Waals surface area contributed by atoms with E-state index >= 15 is 0 Å². The molecule has 0 aliphatic heterocycles. The number of aromatic hydroxyl groups is 5. The third-order valence-electron chi connectivity index (χ3n) is 3.17. The standard InChI is InChI=1S/C15H10O7.W/c16-7-4-10(19)12-11(5-7)22-15(14(21)13(12)20)6-1-2-8(17)9(18)3-6;/h1-5,16-19,21H;. The first kappa shape index (κ1) is 16.7. The normalized spacial score (nSPS) is 10.4. The van der Waals surface area contributed by atoms with Crippen LogP contribution in [0.15, 0.2) is 39.5 Å². The maximum absolute atomic E-state index is 12.1. The number of hydrogen-bond acceptors (Lipinski definition) is 7. The maximum Gasteiger partial charge on any atom is 0.238 e. The zero-order valence-corrected chi connectivity index (χ0v) is 14.3. The van der Waals surface area contributed by atoms with Crippen LogP contribution in [0, 0.1) is 0 Å². The van der Waals surface area contributed by atoms with Crippen molar-refractivity contribution in [3.8, 4) is 40.1 Å². The van der Waals surface area contributed by atoms with Crippen LogP contribution in [0.4, 0.5) is 0 Å². The molecule has 1 heterocycles. The summed E-state index contributed by atoms with van der Waals surface area (Å²) in [6.07, 6.45) is 0. The number of benzene rings is 2. The van der Waals surface area contributed by atoms with Gasteiger partial charge < -0.3 is 29.9 Å².